The first-order valence-electron chi connectivity index (χ1n) is 6.82. The molecule has 6 nitrogen and oxygen atoms in total. The van der Waals surface area contributed by atoms with Crippen LogP contribution in [0.4, 0.5) is 14.7 Å². The largest absolute Gasteiger partial charge is 0.375 e. The average Bonchev–Trinajstić information content (AvgIpc) is 2.82. The Bertz CT molecular complexity index is 404. The number of nitrogens with zero attached hydrogens (tertiary/aromatic N) is 3. The number of hydrogen-bond acceptors (Lipinski definition) is 5. The predicted molar refractivity (Wildman–Crippen MR) is 71.2 cm³/mol. The highest BCUT2D eigenvalue weighted by molar-refractivity contribution is 5.30. The van der Waals surface area contributed by atoms with Gasteiger partial charge in [0.2, 0.25) is 5.95 Å². The Balaban J connectivity index is 1.82. The molecule has 1 aliphatic rings. The number of halogens is 2. The monoisotopic (exact) mass is 289 g/mol. The summed E-state index contributed by atoms with van der Waals surface area (Å²) in [6.45, 7) is 5.62. The maximum atomic E-state index is 11.9. The molecule has 1 aromatic rings. The minimum absolute atomic E-state index is 0.216. The highest BCUT2D eigenvalue weighted by Gasteiger charge is 2.23. The Morgan fingerprint density at radius 2 is 2.05 bits per heavy atom. The minimum atomic E-state index is -2.43. The molecule has 1 saturated heterocycles. The molecule has 1 aliphatic heterocycles. The Morgan fingerprint density at radius 1 is 1.35 bits per heavy atom. The second kappa shape index (κ2) is 6.94. The number of piperazine rings is 1. The van der Waals surface area contributed by atoms with E-state index in [2.05, 4.69) is 39.2 Å². The normalized spacial score (nSPS) is 23.6. The van der Waals surface area contributed by atoms with Crippen LogP contribution in [0.5, 0.6) is 0 Å². The molecule has 1 fully saturated rings. The zero-order chi connectivity index (χ0) is 14.5. The van der Waals surface area contributed by atoms with Gasteiger partial charge in [-0.1, -0.05) is 0 Å². The van der Waals surface area contributed by atoms with Crippen molar-refractivity contribution in [3.63, 3.8) is 0 Å². The molecule has 1 aromatic heterocycles. The molecule has 2 unspecified atom stereocenters. The van der Waals surface area contributed by atoms with Gasteiger partial charge in [-0.3, -0.25) is 5.10 Å². The summed E-state index contributed by atoms with van der Waals surface area (Å²) in [7, 11) is 0. The van der Waals surface area contributed by atoms with Crippen LogP contribution in [0.1, 0.15) is 19.7 Å². The summed E-state index contributed by atoms with van der Waals surface area (Å²) in [6, 6.07) is 0.769. The lowest BCUT2D eigenvalue weighted by atomic mass is 10.1. The van der Waals surface area contributed by atoms with Gasteiger partial charge in [0.05, 0.1) is 6.61 Å². The first-order chi connectivity index (χ1) is 9.54. The third-order valence-electron chi connectivity index (χ3n) is 3.09. The topological polar surface area (TPSA) is 66.1 Å². The molecule has 0 aliphatic carbocycles. The fourth-order valence-corrected chi connectivity index (χ4v) is 2.37. The quantitative estimate of drug-likeness (QED) is 0.759. The molecule has 20 heavy (non-hydrogen) atoms. The van der Waals surface area contributed by atoms with Crippen molar-refractivity contribution >= 4 is 5.95 Å². The van der Waals surface area contributed by atoms with Gasteiger partial charge in [0.25, 0.3) is 6.43 Å². The summed E-state index contributed by atoms with van der Waals surface area (Å²) in [5, 5.41) is 10.5. The van der Waals surface area contributed by atoms with E-state index < -0.39 is 13.0 Å². The van der Waals surface area contributed by atoms with E-state index in [0.717, 1.165) is 13.1 Å². The summed E-state index contributed by atoms with van der Waals surface area (Å²) >= 11 is 0. The van der Waals surface area contributed by atoms with Gasteiger partial charge < -0.3 is 15.0 Å². The zero-order valence-corrected chi connectivity index (χ0v) is 11.8. The fourth-order valence-electron chi connectivity index (χ4n) is 2.37. The van der Waals surface area contributed by atoms with E-state index in [1.807, 2.05) is 0 Å². The smallest absolute Gasteiger partial charge is 0.261 e. The molecule has 0 bridgehead atoms. The van der Waals surface area contributed by atoms with E-state index in [9.17, 15) is 8.78 Å². The molecule has 0 saturated carbocycles. The number of hydrogen-bond donors (Lipinski definition) is 2. The van der Waals surface area contributed by atoms with Crippen LogP contribution in [-0.2, 0) is 11.2 Å². The van der Waals surface area contributed by atoms with Crippen LogP contribution in [0.3, 0.4) is 0 Å². The molecule has 114 valence electrons. The number of rotatable bonds is 6. The number of H-pyrrole nitrogens is 1. The Morgan fingerprint density at radius 3 is 2.70 bits per heavy atom. The van der Waals surface area contributed by atoms with Gasteiger partial charge in [0.15, 0.2) is 0 Å². The van der Waals surface area contributed by atoms with Crippen LogP contribution in [0.2, 0.25) is 0 Å². The van der Waals surface area contributed by atoms with Crippen molar-refractivity contribution in [3.05, 3.63) is 5.82 Å². The van der Waals surface area contributed by atoms with Gasteiger partial charge in [-0.25, -0.2) is 8.78 Å². The van der Waals surface area contributed by atoms with Crippen molar-refractivity contribution in [1.29, 1.82) is 0 Å². The molecule has 8 heteroatoms. The molecule has 0 aromatic carbocycles. The highest BCUT2D eigenvalue weighted by atomic mass is 19.3. The molecule has 2 rings (SSSR count). The van der Waals surface area contributed by atoms with Crippen LogP contribution in [0.15, 0.2) is 0 Å². The second-order valence-corrected chi connectivity index (χ2v) is 5.17. The van der Waals surface area contributed by atoms with Crippen molar-refractivity contribution < 1.29 is 13.5 Å². The zero-order valence-electron chi connectivity index (χ0n) is 11.8. The third kappa shape index (κ3) is 4.38. The van der Waals surface area contributed by atoms with Crippen LogP contribution in [0.25, 0.3) is 0 Å². The van der Waals surface area contributed by atoms with Gasteiger partial charge >= 0.3 is 0 Å². The van der Waals surface area contributed by atoms with Crippen LogP contribution >= 0.6 is 0 Å². The van der Waals surface area contributed by atoms with Gasteiger partial charge in [-0.2, -0.15) is 4.98 Å². The lowest BCUT2D eigenvalue weighted by Crippen LogP contribution is -2.54. The number of aromatic nitrogens is 3. The lowest BCUT2D eigenvalue weighted by Gasteiger charge is -2.35. The Labute approximate surface area is 116 Å². The molecule has 0 amide bonds. The summed E-state index contributed by atoms with van der Waals surface area (Å²) in [6.07, 6.45) is -1.97. The van der Waals surface area contributed by atoms with Gasteiger partial charge in [-0.15, -0.1) is 5.10 Å². The molecule has 0 spiro atoms. The highest BCUT2D eigenvalue weighted by Crippen LogP contribution is 2.12. The SMILES string of the molecule is CC1CN(c2n[nH]c(CCOCC(F)F)n2)CC(C)N1. The van der Waals surface area contributed by atoms with Gasteiger partial charge in [-0.05, 0) is 13.8 Å². The number of nitrogens with one attached hydrogen (secondary N) is 2. The first kappa shape index (κ1) is 15.1. The Hall–Kier alpha value is -1.28. The van der Waals surface area contributed by atoms with Crippen LogP contribution < -0.4 is 10.2 Å². The first-order valence-corrected chi connectivity index (χ1v) is 6.82. The number of ether oxygens (including phenoxy) is 1. The summed E-state index contributed by atoms with van der Waals surface area (Å²) in [5.74, 6) is 1.32. The molecular weight excluding hydrogens is 268 g/mol. The molecule has 2 heterocycles. The minimum Gasteiger partial charge on any atom is -0.375 e. The average molecular weight is 289 g/mol. The number of alkyl halides is 2. The standard InChI is InChI=1S/C12H21F2N5O/c1-8-5-19(6-9(2)15-8)12-16-11(17-18-12)3-4-20-7-10(13)14/h8-10,15H,3-7H2,1-2H3,(H,16,17,18). The van der Waals surface area contributed by atoms with Crippen molar-refractivity contribution in [2.45, 2.75) is 38.8 Å². The Kier molecular flexibility index (Phi) is 5.24. The number of anilines is 1. The molecular formula is C12H21F2N5O. The van der Waals surface area contributed by atoms with Gasteiger partial charge in [0.1, 0.15) is 12.4 Å². The number of aromatic amines is 1. The van der Waals surface area contributed by atoms with Crippen LogP contribution in [0, 0.1) is 0 Å². The van der Waals surface area contributed by atoms with Crippen molar-refractivity contribution in [2.24, 2.45) is 0 Å². The molecule has 0 radical (unpaired) electrons. The fraction of sp³-hybridized carbons (Fsp3) is 0.833. The van der Waals surface area contributed by atoms with E-state index >= 15 is 0 Å². The third-order valence-corrected chi connectivity index (χ3v) is 3.09. The maximum absolute atomic E-state index is 11.9. The van der Waals surface area contributed by atoms with Crippen molar-refractivity contribution in [1.82, 2.24) is 20.5 Å². The van der Waals surface area contributed by atoms with Gasteiger partial charge in [0, 0.05) is 31.6 Å². The van der Waals surface area contributed by atoms with Crippen LogP contribution in [-0.4, -0.2) is 60.0 Å². The van der Waals surface area contributed by atoms with E-state index in [-0.39, 0.29) is 6.61 Å². The van der Waals surface area contributed by atoms with Crippen molar-refractivity contribution in [2.75, 3.05) is 31.2 Å². The lowest BCUT2D eigenvalue weighted by molar-refractivity contribution is 0.0183. The maximum Gasteiger partial charge on any atom is 0.261 e. The van der Waals surface area contributed by atoms with E-state index in [1.54, 1.807) is 0 Å². The molecule has 2 N–H and O–H groups in total. The van der Waals surface area contributed by atoms with E-state index in [0.29, 0.717) is 30.3 Å². The summed E-state index contributed by atoms with van der Waals surface area (Å²) < 4.78 is 28.6. The molecule has 2 atom stereocenters. The van der Waals surface area contributed by atoms with E-state index in [1.165, 1.54) is 0 Å². The summed E-state index contributed by atoms with van der Waals surface area (Å²) in [4.78, 5) is 6.50. The second-order valence-electron chi connectivity index (χ2n) is 5.17. The predicted octanol–water partition coefficient (Wildman–Crippen LogP) is 0.815. The van der Waals surface area contributed by atoms with E-state index in [4.69, 9.17) is 4.74 Å². The summed E-state index contributed by atoms with van der Waals surface area (Å²) in [5.41, 5.74) is 0. The van der Waals surface area contributed by atoms with Crippen molar-refractivity contribution in [3.8, 4) is 0 Å².